The van der Waals surface area contributed by atoms with Gasteiger partial charge in [-0.3, -0.25) is 4.79 Å². The first-order valence-corrected chi connectivity index (χ1v) is 6.85. The number of piperidine rings is 1. The summed E-state index contributed by atoms with van der Waals surface area (Å²) >= 11 is 0. The van der Waals surface area contributed by atoms with Gasteiger partial charge in [0.15, 0.2) is 0 Å². The fourth-order valence-electron chi connectivity index (χ4n) is 2.34. The molecule has 0 aliphatic carbocycles. The monoisotopic (exact) mass is 278 g/mol. The molecule has 1 aromatic rings. The van der Waals surface area contributed by atoms with Gasteiger partial charge in [0, 0.05) is 24.7 Å². The summed E-state index contributed by atoms with van der Waals surface area (Å²) in [5.74, 6) is 0.653. The molecule has 0 radical (unpaired) electrons. The smallest absolute Gasteiger partial charge is 0.466 e. The summed E-state index contributed by atoms with van der Waals surface area (Å²) in [6.07, 6.45) is 2.97. The van der Waals surface area contributed by atoms with Gasteiger partial charge in [0.1, 0.15) is 5.82 Å². The summed E-state index contributed by atoms with van der Waals surface area (Å²) in [5.41, 5.74) is 0.371. The molecule has 2 N–H and O–H groups in total. The quantitative estimate of drug-likeness (QED) is 0.573. The highest BCUT2D eigenvalue weighted by atomic mass is 16.5. The van der Waals surface area contributed by atoms with E-state index in [2.05, 4.69) is 9.88 Å². The maximum atomic E-state index is 11.6. The van der Waals surface area contributed by atoms with Gasteiger partial charge in [-0.05, 0) is 25.8 Å². The number of hydrogen-bond donors (Lipinski definition) is 2. The lowest BCUT2D eigenvalue weighted by Crippen LogP contribution is -2.38. The Morgan fingerprint density at radius 3 is 2.65 bits per heavy atom. The lowest BCUT2D eigenvalue weighted by molar-refractivity contribution is -0.148. The van der Waals surface area contributed by atoms with E-state index < -0.39 is 7.12 Å². The predicted octanol–water partition coefficient (Wildman–Crippen LogP) is -0.459. The summed E-state index contributed by atoms with van der Waals surface area (Å²) in [6, 6.07) is 3.41. The Morgan fingerprint density at radius 2 is 2.15 bits per heavy atom. The van der Waals surface area contributed by atoms with Crippen LogP contribution in [0.5, 0.6) is 0 Å². The first-order chi connectivity index (χ1) is 9.61. The van der Waals surface area contributed by atoms with Crippen LogP contribution in [0.15, 0.2) is 18.3 Å². The lowest BCUT2D eigenvalue weighted by atomic mass is 9.82. The zero-order valence-corrected chi connectivity index (χ0v) is 11.5. The number of ether oxygens (including phenoxy) is 1. The third kappa shape index (κ3) is 3.49. The van der Waals surface area contributed by atoms with Gasteiger partial charge in [-0.15, -0.1) is 0 Å². The molecule has 1 aliphatic heterocycles. The average molecular weight is 278 g/mol. The van der Waals surface area contributed by atoms with Crippen molar-refractivity contribution in [1.29, 1.82) is 0 Å². The molecular weight excluding hydrogens is 259 g/mol. The maximum Gasteiger partial charge on any atom is 0.490 e. The standard InChI is InChI=1S/C13H19BN2O4/c1-2-20-13(17)10-5-7-16(8-6-10)12-4-3-11(9-15-12)14(18)19/h3-4,9-10,18-19H,2,5-8H2,1H3. The van der Waals surface area contributed by atoms with Crippen LogP contribution in [0.2, 0.25) is 0 Å². The zero-order valence-electron chi connectivity index (χ0n) is 11.5. The first-order valence-electron chi connectivity index (χ1n) is 6.85. The number of carbonyl (C=O) groups excluding carboxylic acids is 1. The van der Waals surface area contributed by atoms with Crippen LogP contribution in [-0.4, -0.2) is 47.8 Å². The summed E-state index contributed by atoms with van der Waals surface area (Å²) in [6.45, 7) is 3.73. The minimum atomic E-state index is -1.49. The van der Waals surface area contributed by atoms with E-state index in [0.717, 1.165) is 31.7 Å². The Bertz CT molecular complexity index is 444. The van der Waals surface area contributed by atoms with Gasteiger partial charge in [0.2, 0.25) is 0 Å². The second-order valence-electron chi connectivity index (χ2n) is 4.84. The molecule has 2 rings (SSSR count). The molecule has 1 aromatic heterocycles. The Hall–Kier alpha value is -1.60. The summed E-state index contributed by atoms with van der Waals surface area (Å²) in [7, 11) is -1.49. The topological polar surface area (TPSA) is 82.9 Å². The maximum absolute atomic E-state index is 11.6. The molecule has 108 valence electrons. The average Bonchev–Trinajstić information content (AvgIpc) is 2.48. The van der Waals surface area contributed by atoms with E-state index in [0.29, 0.717) is 12.1 Å². The van der Waals surface area contributed by atoms with E-state index in [4.69, 9.17) is 14.8 Å². The Balaban J connectivity index is 1.91. The number of pyridine rings is 1. The number of nitrogens with zero attached hydrogens (tertiary/aromatic N) is 2. The van der Waals surface area contributed by atoms with Crippen LogP contribution in [0, 0.1) is 5.92 Å². The number of aromatic nitrogens is 1. The van der Waals surface area contributed by atoms with E-state index >= 15 is 0 Å². The highest BCUT2D eigenvalue weighted by Crippen LogP contribution is 2.22. The minimum Gasteiger partial charge on any atom is -0.466 e. The van der Waals surface area contributed by atoms with E-state index in [1.54, 1.807) is 12.1 Å². The number of hydrogen-bond acceptors (Lipinski definition) is 6. The van der Waals surface area contributed by atoms with Gasteiger partial charge in [-0.2, -0.15) is 0 Å². The van der Waals surface area contributed by atoms with Gasteiger partial charge in [-0.25, -0.2) is 4.98 Å². The second-order valence-corrected chi connectivity index (χ2v) is 4.84. The van der Waals surface area contributed by atoms with Crippen molar-refractivity contribution < 1.29 is 19.6 Å². The predicted molar refractivity (Wildman–Crippen MR) is 75.6 cm³/mol. The van der Waals surface area contributed by atoms with Crippen molar-refractivity contribution in [1.82, 2.24) is 4.98 Å². The summed E-state index contributed by atoms with van der Waals surface area (Å²) < 4.78 is 5.04. The minimum absolute atomic E-state index is 0.0234. The number of anilines is 1. The zero-order chi connectivity index (χ0) is 14.5. The van der Waals surface area contributed by atoms with Gasteiger partial charge in [-0.1, -0.05) is 6.07 Å². The van der Waals surface area contributed by atoms with Gasteiger partial charge >= 0.3 is 13.1 Å². The fraction of sp³-hybridized carbons (Fsp3) is 0.538. The Kier molecular flexibility index (Phi) is 4.97. The molecule has 0 aromatic carbocycles. The van der Waals surface area contributed by atoms with E-state index in [1.165, 1.54) is 6.20 Å². The lowest BCUT2D eigenvalue weighted by Gasteiger charge is -2.31. The van der Waals surface area contributed by atoms with Gasteiger partial charge in [0.05, 0.1) is 12.5 Å². The molecule has 20 heavy (non-hydrogen) atoms. The number of carbonyl (C=O) groups is 1. The third-order valence-electron chi connectivity index (χ3n) is 3.51. The molecule has 6 nitrogen and oxygen atoms in total. The first kappa shape index (κ1) is 14.8. The fourth-order valence-corrected chi connectivity index (χ4v) is 2.34. The van der Waals surface area contributed by atoms with Crippen LogP contribution < -0.4 is 10.4 Å². The van der Waals surface area contributed by atoms with E-state index in [-0.39, 0.29) is 11.9 Å². The van der Waals surface area contributed by atoms with Crippen molar-refractivity contribution in [2.45, 2.75) is 19.8 Å². The molecule has 0 amide bonds. The molecule has 2 heterocycles. The van der Waals surface area contributed by atoms with Crippen LogP contribution in [0.3, 0.4) is 0 Å². The van der Waals surface area contributed by atoms with Crippen molar-refractivity contribution in [2.24, 2.45) is 5.92 Å². The van der Waals surface area contributed by atoms with Crippen LogP contribution in [-0.2, 0) is 9.53 Å². The van der Waals surface area contributed by atoms with Gasteiger partial charge < -0.3 is 19.7 Å². The summed E-state index contributed by atoms with van der Waals surface area (Å²) in [5, 5.41) is 18.0. The third-order valence-corrected chi connectivity index (χ3v) is 3.51. The van der Waals surface area contributed by atoms with Crippen LogP contribution in [0.4, 0.5) is 5.82 Å². The van der Waals surface area contributed by atoms with Gasteiger partial charge in [0.25, 0.3) is 0 Å². The molecule has 0 bridgehead atoms. The molecule has 1 aliphatic rings. The van der Waals surface area contributed by atoms with Crippen LogP contribution >= 0.6 is 0 Å². The highest BCUT2D eigenvalue weighted by molar-refractivity contribution is 6.58. The van der Waals surface area contributed by atoms with Crippen molar-refractivity contribution in [3.63, 3.8) is 0 Å². The van der Waals surface area contributed by atoms with E-state index in [9.17, 15) is 4.79 Å². The highest BCUT2D eigenvalue weighted by Gasteiger charge is 2.26. The molecular formula is C13H19BN2O4. The number of esters is 1. The van der Waals surface area contributed by atoms with E-state index in [1.807, 2.05) is 6.92 Å². The molecule has 7 heteroatoms. The molecule has 0 saturated carbocycles. The van der Waals surface area contributed by atoms with Crippen molar-refractivity contribution >= 4 is 24.4 Å². The second kappa shape index (κ2) is 6.72. The Morgan fingerprint density at radius 1 is 1.45 bits per heavy atom. The SMILES string of the molecule is CCOC(=O)C1CCN(c2ccc(B(O)O)cn2)CC1. The normalized spacial score (nSPS) is 16.1. The molecule has 0 spiro atoms. The largest absolute Gasteiger partial charge is 0.490 e. The van der Waals surface area contributed by atoms with Crippen molar-refractivity contribution in [3.8, 4) is 0 Å². The van der Waals surface area contributed by atoms with Crippen molar-refractivity contribution in [2.75, 3.05) is 24.6 Å². The summed E-state index contributed by atoms with van der Waals surface area (Å²) in [4.78, 5) is 18.0. The van der Waals surface area contributed by atoms with Crippen LogP contribution in [0.25, 0.3) is 0 Å². The number of rotatable bonds is 4. The molecule has 1 saturated heterocycles. The molecule has 0 unspecified atom stereocenters. The van der Waals surface area contributed by atoms with Crippen LogP contribution in [0.1, 0.15) is 19.8 Å². The Labute approximate surface area is 118 Å². The molecule has 1 fully saturated rings. The van der Waals surface area contributed by atoms with Crippen molar-refractivity contribution in [3.05, 3.63) is 18.3 Å². The molecule has 0 atom stereocenters.